The summed E-state index contributed by atoms with van der Waals surface area (Å²) in [6.45, 7) is 7.54. The molecular formula is C11H22N4S. The second-order valence-corrected chi connectivity index (χ2v) is 4.96. The molecule has 1 heterocycles. The molecule has 0 saturated heterocycles. The van der Waals surface area contributed by atoms with Crippen LogP contribution in [0, 0.1) is 0 Å². The summed E-state index contributed by atoms with van der Waals surface area (Å²) in [6.07, 6.45) is 2.46. The molecule has 0 bridgehead atoms. The normalized spacial score (nSPS) is 11.6. The van der Waals surface area contributed by atoms with Crippen LogP contribution in [-0.2, 0) is 6.54 Å². The molecular weight excluding hydrogens is 220 g/mol. The number of nitrogens with one attached hydrogen (secondary N) is 1. The van der Waals surface area contributed by atoms with Crippen molar-refractivity contribution in [2.75, 3.05) is 20.1 Å². The third-order valence-electron chi connectivity index (χ3n) is 2.71. The Morgan fingerprint density at radius 2 is 2.25 bits per heavy atom. The van der Waals surface area contributed by atoms with Gasteiger partial charge in [-0.05, 0) is 58.4 Å². The number of aromatic nitrogens is 2. The molecule has 0 spiro atoms. The van der Waals surface area contributed by atoms with Crippen LogP contribution >= 0.6 is 11.5 Å². The van der Waals surface area contributed by atoms with Crippen molar-refractivity contribution in [1.29, 1.82) is 0 Å². The van der Waals surface area contributed by atoms with E-state index < -0.39 is 0 Å². The molecule has 0 aliphatic carbocycles. The molecule has 0 amide bonds. The van der Waals surface area contributed by atoms with Crippen LogP contribution in [0.5, 0.6) is 0 Å². The minimum atomic E-state index is 0.647. The van der Waals surface area contributed by atoms with Crippen molar-refractivity contribution in [2.45, 2.75) is 39.3 Å². The average Bonchev–Trinajstić information content (AvgIpc) is 2.75. The van der Waals surface area contributed by atoms with Gasteiger partial charge in [0.25, 0.3) is 0 Å². The molecule has 16 heavy (non-hydrogen) atoms. The van der Waals surface area contributed by atoms with Crippen molar-refractivity contribution >= 4 is 11.5 Å². The van der Waals surface area contributed by atoms with Crippen LogP contribution in [0.1, 0.15) is 32.4 Å². The van der Waals surface area contributed by atoms with Gasteiger partial charge < -0.3 is 10.2 Å². The van der Waals surface area contributed by atoms with Gasteiger partial charge >= 0.3 is 0 Å². The Labute approximate surface area is 102 Å². The van der Waals surface area contributed by atoms with E-state index >= 15 is 0 Å². The quantitative estimate of drug-likeness (QED) is 0.705. The van der Waals surface area contributed by atoms with E-state index in [1.165, 1.54) is 30.9 Å². The molecule has 0 fully saturated rings. The molecule has 1 aromatic rings. The Hall–Kier alpha value is -0.520. The van der Waals surface area contributed by atoms with Gasteiger partial charge in [0.05, 0.1) is 5.69 Å². The van der Waals surface area contributed by atoms with Gasteiger partial charge in [0.1, 0.15) is 0 Å². The fourth-order valence-corrected chi connectivity index (χ4v) is 1.80. The molecule has 0 aliphatic heterocycles. The molecule has 4 nitrogen and oxygen atoms in total. The molecule has 0 aromatic carbocycles. The van der Waals surface area contributed by atoms with Crippen molar-refractivity contribution < 1.29 is 0 Å². The monoisotopic (exact) mass is 242 g/mol. The van der Waals surface area contributed by atoms with Crippen molar-refractivity contribution in [2.24, 2.45) is 0 Å². The highest BCUT2D eigenvalue weighted by atomic mass is 32.1. The van der Waals surface area contributed by atoms with Crippen LogP contribution < -0.4 is 5.32 Å². The van der Waals surface area contributed by atoms with Gasteiger partial charge in [-0.1, -0.05) is 4.49 Å². The summed E-state index contributed by atoms with van der Waals surface area (Å²) >= 11 is 1.41. The predicted octanol–water partition coefficient (Wildman–Crippen LogP) is 1.75. The lowest BCUT2D eigenvalue weighted by Crippen LogP contribution is -2.27. The Bertz CT molecular complexity index is 261. The lowest BCUT2D eigenvalue weighted by Gasteiger charge is -2.20. The van der Waals surface area contributed by atoms with E-state index in [-0.39, 0.29) is 0 Å². The molecule has 0 aliphatic rings. The second-order valence-electron chi connectivity index (χ2n) is 4.35. The highest BCUT2D eigenvalue weighted by molar-refractivity contribution is 7.03. The van der Waals surface area contributed by atoms with Gasteiger partial charge in [-0.25, -0.2) is 0 Å². The van der Waals surface area contributed by atoms with E-state index in [0.717, 1.165) is 18.8 Å². The minimum Gasteiger partial charge on any atom is -0.311 e. The summed E-state index contributed by atoms with van der Waals surface area (Å²) in [5.41, 5.74) is 1.05. The highest BCUT2D eigenvalue weighted by Gasteiger charge is 2.01. The summed E-state index contributed by atoms with van der Waals surface area (Å²) in [5, 5.41) is 9.35. The van der Waals surface area contributed by atoms with Gasteiger partial charge in [-0.2, -0.15) is 0 Å². The van der Waals surface area contributed by atoms with Crippen LogP contribution in [0.3, 0.4) is 0 Å². The Kier molecular flexibility index (Phi) is 6.52. The average molecular weight is 242 g/mol. The van der Waals surface area contributed by atoms with E-state index in [1.54, 1.807) is 0 Å². The van der Waals surface area contributed by atoms with E-state index in [9.17, 15) is 0 Å². The maximum absolute atomic E-state index is 3.98. The molecule has 1 aromatic heterocycles. The molecule has 5 heteroatoms. The Morgan fingerprint density at radius 3 is 2.88 bits per heavy atom. The number of rotatable bonds is 8. The molecule has 0 unspecified atom stereocenters. The Balaban J connectivity index is 1.92. The first-order valence-electron chi connectivity index (χ1n) is 5.87. The molecule has 92 valence electrons. The van der Waals surface area contributed by atoms with Crippen LogP contribution in [0.4, 0.5) is 0 Å². The van der Waals surface area contributed by atoms with E-state index in [1.807, 2.05) is 5.38 Å². The smallest absolute Gasteiger partial charge is 0.0893 e. The molecule has 0 radical (unpaired) electrons. The maximum atomic E-state index is 3.98. The molecule has 0 saturated carbocycles. The van der Waals surface area contributed by atoms with Gasteiger partial charge in [0, 0.05) is 18.0 Å². The minimum absolute atomic E-state index is 0.647. The zero-order valence-electron chi connectivity index (χ0n) is 10.4. The van der Waals surface area contributed by atoms with Crippen molar-refractivity contribution in [3.8, 4) is 0 Å². The lowest BCUT2D eigenvalue weighted by molar-refractivity contribution is 0.268. The first kappa shape index (κ1) is 13.5. The Morgan fingerprint density at radius 1 is 1.44 bits per heavy atom. The van der Waals surface area contributed by atoms with Gasteiger partial charge in [0.15, 0.2) is 0 Å². The summed E-state index contributed by atoms with van der Waals surface area (Å²) in [7, 11) is 2.18. The first-order chi connectivity index (χ1) is 7.70. The summed E-state index contributed by atoms with van der Waals surface area (Å²) in [5.74, 6) is 0. The van der Waals surface area contributed by atoms with Crippen LogP contribution in [0.25, 0.3) is 0 Å². The van der Waals surface area contributed by atoms with E-state index in [2.05, 4.69) is 40.7 Å². The van der Waals surface area contributed by atoms with Gasteiger partial charge in [0.2, 0.25) is 0 Å². The summed E-state index contributed by atoms with van der Waals surface area (Å²) in [4.78, 5) is 2.38. The van der Waals surface area contributed by atoms with E-state index in [0.29, 0.717) is 6.04 Å². The van der Waals surface area contributed by atoms with E-state index in [4.69, 9.17) is 0 Å². The third kappa shape index (κ3) is 5.53. The SMILES string of the molecule is CC(C)N(C)CCCCNCc1csnn1. The number of unbranched alkanes of at least 4 members (excludes halogenated alkanes) is 1. The zero-order valence-corrected chi connectivity index (χ0v) is 11.3. The third-order valence-corrected chi connectivity index (χ3v) is 3.26. The van der Waals surface area contributed by atoms with Crippen molar-refractivity contribution in [1.82, 2.24) is 19.8 Å². The fourth-order valence-electron chi connectivity index (χ4n) is 1.35. The lowest BCUT2D eigenvalue weighted by atomic mass is 10.2. The fraction of sp³-hybridized carbons (Fsp3) is 0.818. The summed E-state index contributed by atoms with van der Waals surface area (Å²) in [6, 6.07) is 0.647. The number of hydrogen-bond acceptors (Lipinski definition) is 5. The molecule has 0 atom stereocenters. The number of nitrogens with zero attached hydrogens (tertiary/aromatic N) is 3. The van der Waals surface area contributed by atoms with Gasteiger partial charge in [-0.3, -0.25) is 0 Å². The summed E-state index contributed by atoms with van der Waals surface area (Å²) < 4.78 is 3.82. The maximum Gasteiger partial charge on any atom is 0.0893 e. The van der Waals surface area contributed by atoms with Gasteiger partial charge in [-0.15, -0.1) is 5.10 Å². The molecule has 1 rings (SSSR count). The zero-order chi connectivity index (χ0) is 11.8. The standard InChI is InChI=1S/C11H22N4S/c1-10(2)15(3)7-5-4-6-12-8-11-9-16-14-13-11/h9-10,12H,4-8H2,1-3H3. The predicted molar refractivity (Wildman–Crippen MR) is 68.6 cm³/mol. The van der Waals surface area contributed by atoms with Crippen LogP contribution in [0.2, 0.25) is 0 Å². The largest absolute Gasteiger partial charge is 0.311 e. The van der Waals surface area contributed by atoms with Crippen molar-refractivity contribution in [3.05, 3.63) is 11.1 Å². The first-order valence-corrected chi connectivity index (χ1v) is 6.70. The topological polar surface area (TPSA) is 41.0 Å². The van der Waals surface area contributed by atoms with Crippen LogP contribution in [-0.4, -0.2) is 40.7 Å². The second kappa shape index (κ2) is 7.70. The molecule has 1 N–H and O–H groups in total. The highest BCUT2D eigenvalue weighted by Crippen LogP contribution is 1.98. The van der Waals surface area contributed by atoms with Crippen LogP contribution in [0.15, 0.2) is 5.38 Å². The number of hydrogen-bond donors (Lipinski definition) is 1. The van der Waals surface area contributed by atoms with Crippen molar-refractivity contribution in [3.63, 3.8) is 0 Å².